The van der Waals surface area contributed by atoms with E-state index in [1.165, 1.54) is 12.1 Å². The Morgan fingerprint density at radius 1 is 1.26 bits per heavy atom. The predicted octanol–water partition coefficient (Wildman–Crippen LogP) is 3.04. The molecule has 1 N–H and O–H groups in total. The number of aryl methyl sites for hydroxylation is 1. The van der Waals surface area contributed by atoms with Crippen LogP contribution in [-0.2, 0) is 13.6 Å². The number of nitrogens with one attached hydrogen (secondary N) is 1. The third-order valence-corrected chi connectivity index (χ3v) is 2.95. The quantitative estimate of drug-likeness (QED) is 0.878. The summed E-state index contributed by atoms with van der Waals surface area (Å²) in [6, 6.07) is 6.06. The molecule has 102 valence electrons. The van der Waals surface area contributed by atoms with Gasteiger partial charge in [-0.25, -0.2) is 0 Å². The summed E-state index contributed by atoms with van der Waals surface area (Å²) in [5, 5.41) is 10.7. The molecule has 0 unspecified atom stereocenters. The lowest BCUT2D eigenvalue weighted by Gasteiger charge is -2.07. The molecular weight excluding hydrogens is 277 g/mol. The van der Waals surface area contributed by atoms with Gasteiger partial charge in [0.15, 0.2) is 0 Å². The lowest BCUT2D eigenvalue weighted by atomic mass is 10.3. The van der Waals surface area contributed by atoms with Gasteiger partial charge in [0.25, 0.3) is 0 Å². The summed E-state index contributed by atoms with van der Waals surface area (Å²) in [6.45, 7) is 0.472. The van der Waals surface area contributed by atoms with E-state index < -0.39 is 5.51 Å². The van der Waals surface area contributed by atoms with Crippen LogP contribution >= 0.6 is 11.8 Å². The van der Waals surface area contributed by atoms with Gasteiger partial charge in [-0.15, -0.1) is 5.10 Å². The molecule has 8 heteroatoms. The van der Waals surface area contributed by atoms with Crippen molar-refractivity contribution in [3.63, 3.8) is 0 Å². The first kappa shape index (κ1) is 13.7. The van der Waals surface area contributed by atoms with Crippen molar-refractivity contribution in [2.45, 2.75) is 16.9 Å². The van der Waals surface area contributed by atoms with Gasteiger partial charge in [0.1, 0.15) is 5.69 Å². The number of aromatic nitrogens is 3. The molecule has 1 heterocycles. The highest BCUT2D eigenvalue weighted by atomic mass is 32.2. The number of anilines is 1. The normalized spacial score (nSPS) is 11.6. The van der Waals surface area contributed by atoms with E-state index in [0.29, 0.717) is 6.54 Å². The molecule has 0 saturated heterocycles. The molecule has 0 radical (unpaired) electrons. The molecule has 0 aliphatic heterocycles. The number of hydrogen-bond donors (Lipinski definition) is 1. The smallest absolute Gasteiger partial charge is 0.379 e. The number of halogens is 3. The van der Waals surface area contributed by atoms with Crippen LogP contribution in [-0.4, -0.2) is 20.5 Å². The van der Waals surface area contributed by atoms with E-state index >= 15 is 0 Å². The Bertz CT molecular complexity index is 536. The summed E-state index contributed by atoms with van der Waals surface area (Å²) in [4.78, 5) is 0.164. The molecule has 1 aromatic heterocycles. The second-order valence-electron chi connectivity index (χ2n) is 3.81. The molecule has 19 heavy (non-hydrogen) atoms. The van der Waals surface area contributed by atoms with Crippen molar-refractivity contribution in [1.29, 1.82) is 0 Å². The van der Waals surface area contributed by atoms with Crippen molar-refractivity contribution in [2.75, 3.05) is 5.32 Å². The summed E-state index contributed by atoms with van der Waals surface area (Å²) in [5.41, 5.74) is -2.76. The van der Waals surface area contributed by atoms with Crippen molar-refractivity contribution in [3.05, 3.63) is 36.2 Å². The number of rotatable bonds is 4. The fourth-order valence-electron chi connectivity index (χ4n) is 1.44. The maximum absolute atomic E-state index is 12.1. The van der Waals surface area contributed by atoms with E-state index in [4.69, 9.17) is 0 Å². The maximum atomic E-state index is 12.1. The molecular formula is C11H11F3N4S. The fraction of sp³-hybridized carbons (Fsp3) is 0.273. The largest absolute Gasteiger partial charge is 0.446 e. The van der Waals surface area contributed by atoms with Gasteiger partial charge >= 0.3 is 5.51 Å². The van der Waals surface area contributed by atoms with E-state index in [1.54, 1.807) is 30.1 Å². The SMILES string of the molecule is Cn1cc(CNc2ccc(SC(F)(F)F)cc2)nn1. The molecule has 0 aliphatic rings. The van der Waals surface area contributed by atoms with Gasteiger partial charge in [0.05, 0.1) is 6.54 Å². The Morgan fingerprint density at radius 2 is 1.95 bits per heavy atom. The zero-order valence-electron chi connectivity index (χ0n) is 9.98. The van der Waals surface area contributed by atoms with Crippen molar-refractivity contribution < 1.29 is 13.2 Å². The standard InChI is InChI=1S/C11H11F3N4S/c1-18-7-9(16-17-18)6-15-8-2-4-10(5-3-8)19-11(12,13)14/h2-5,7,15H,6H2,1H3. The Hall–Kier alpha value is -1.70. The van der Waals surface area contributed by atoms with E-state index in [2.05, 4.69) is 15.6 Å². The lowest BCUT2D eigenvalue weighted by Crippen LogP contribution is -2.01. The van der Waals surface area contributed by atoms with Crippen LogP contribution in [0.25, 0.3) is 0 Å². The Morgan fingerprint density at radius 3 is 2.47 bits per heavy atom. The Kier molecular flexibility index (Phi) is 3.98. The highest BCUT2D eigenvalue weighted by Gasteiger charge is 2.28. The topological polar surface area (TPSA) is 42.7 Å². The van der Waals surface area contributed by atoms with Gasteiger partial charge in [-0.05, 0) is 36.0 Å². The van der Waals surface area contributed by atoms with Crippen LogP contribution in [0, 0.1) is 0 Å². The molecule has 0 saturated carbocycles. The molecule has 0 amide bonds. The first-order valence-electron chi connectivity index (χ1n) is 5.37. The van der Waals surface area contributed by atoms with Crippen LogP contribution < -0.4 is 5.32 Å². The van der Waals surface area contributed by atoms with Crippen LogP contribution in [0.15, 0.2) is 35.4 Å². The zero-order chi connectivity index (χ0) is 13.9. The first-order chi connectivity index (χ1) is 8.92. The molecule has 1 aromatic carbocycles. The van der Waals surface area contributed by atoms with Crippen LogP contribution in [0.2, 0.25) is 0 Å². The van der Waals surface area contributed by atoms with Crippen LogP contribution in [0.1, 0.15) is 5.69 Å². The minimum atomic E-state index is -4.26. The van der Waals surface area contributed by atoms with Crippen LogP contribution in [0.5, 0.6) is 0 Å². The van der Waals surface area contributed by atoms with Crippen LogP contribution in [0.3, 0.4) is 0 Å². The van der Waals surface area contributed by atoms with Crippen molar-refractivity contribution >= 4 is 17.4 Å². The van der Waals surface area contributed by atoms with Gasteiger partial charge < -0.3 is 5.32 Å². The lowest BCUT2D eigenvalue weighted by molar-refractivity contribution is -0.0328. The predicted molar refractivity (Wildman–Crippen MR) is 66.7 cm³/mol. The number of nitrogens with zero attached hydrogens (tertiary/aromatic N) is 3. The van der Waals surface area contributed by atoms with Gasteiger partial charge in [0.2, 0.25) is 0 Å². The number of hydrogen-bond acceptors (Lipinski definition) is 4. The summed E-state index contributed by atoms with van der Waals surface area (Å²) in [7, 11) is 1.76. The molecule has 0 aliphatic carbocycles. The monoisotopic (exact) mass is 288 g/mol. The fourth-order valence-corrected chi connectivity index (χ4v) is 1.98. The van der Waals surface area contributed by atoms with Crippen molar-refractivity contribution in [2.24, 2.45) is 7.05 Å². The average molecular weight is 288 g/mol. The third kappa shape index (κ3) is 4.47. The summed E-state index contributed by atoms with van der Waals surface area (Å²) < 4.78 is 38.0. The summed E-state index contributed by atoms with van der Waals surface area (Å²) in [5.74, 6) is 0. The minimum absolute atomic E-state index is 0.126. The zero-order valence-corrected chi connectivity index (χ0v) is 10.8. The number of thioether (sulfide) groups is 1. The first-order valence-corrected chi connectivity index (χ1v) is 6.19. The summed E-state index contributed by atoms with van der Waals surface area (Å²) >= 11 is -0.126. The molecule has 0 fully saturated rings. The van der Waals surface area contributed by atoms with Gasteiger partial charge in [-0.3, -0.25) is 4.68 Å². The second kappa shape index (κ2) is 5.52. The number of alkyl halides is 3. The highest BCUT2D eigenvalue weighted by Crippen LogP contribution is 2.36. The molecule has 0 bridgehead atoms. The molecule has 2 aromatic rings. The van der Waals surface area contributed by atoms with Crippen molar-refractivity contribution in [1.82, 2.24) is 15.0 Å². The molecule has 2 rings (SSSR count). The molecule has 4 nitrogen and oxygen atoms in total. The van der Waals surface area contributed by atoms with E-state index in [9.17, 15) is 13.2 Å². The van der Waals surface area contributed by atoms with Gasteiger partial charge in [0, 0.05) is 23.8 Å². The third-order valence-electron chi connectivity index (χ3n) is 2.21. The maximum Gasteiger partial charge on any atom is 0.446 e. The number of benzene rings is 1. The highest BCUT2D eigenvalue weighted by molar-refractivity contribution is 8.00. The van der Waals surface area contributed by atoms with Gasteiger partial charge in [-0.2, -0.15) is 13.2 Å². The Labute approximate surface area is 112 Å². The minimum Gasteiger partial charge on any atom is -0.379 e. The van der Waals surface area contributed by atoms with E-state index in [-0.39, 0.29) is 16.7 Å². The molecule has 0 atom stereocenters. The van der Waals surface area contributed by atoms with Gasteiger partial charge in [-0.1, -0.05) is 5.21 Å². The second-order valence-corrected chi connectivity index (χ2v) is 4.95. The average Bonchev–Trinajstić information content (AvgIpc) is 2.72. The van der Waals surface area contributed by atoms with Crippen LogP contribution in [0.4, 0.5) is 18.9 Å². The van der Waals surface area contributed by atoms with E-state index in [0.717, 1.165) is 11.4 Å². The summed E-state index contributed by atoms with van der Waals surface area (Å²) in [6.07, 6.45) is 1.76. The molecule has 0 spiro atoms. The van der Waals surface area contributed by atoms with E-state index in [1.807, 2.05) is 0 Å². The van der Waals surface area contributed by atoms with Crippen molar-refractivity contribution in [3.8, 4) is 0 Å². The Balaban J connectivity index is 1.91.